The Morgan fingerprint density at radius 2 is 1.68 bits per heavy atom. The van der Waals surface area contributed by atoms with E-state index in [1.807, 2.05) is 30.3 Å². The number of methoxy groups -OCH3 is 1. The van der Waals surface area contributed by atoms with Gasteiger partial charge in [-0.15, -0.1) is 0 Å². The van der Waals surface area contributed by atoms with Crippen molar-refractivity contribution in [2.24, 2.45) is 0 Å². The van der Waals surface area contributed by atoms with E-state index in [1.165, 1.54) is 6.07 Å². The molecular formula is C23H21NO4. The van der Waals surface area contributed by atoms with Crippen molar-refractivity contribution >= 4 is 5.97 Å². The van der Waals surface area contributed by atoms with Gasteiger partial charge in [-0.05, 0) is 62.1 Å². The van der Waals surface area contributed by atoms with Gasteiger partial charge in [-0.3, -0.25) is 9.36 Å². The Bertz CT molecular complexity index is 1050. The number of esters is 1. The molecule has 1 aromatic heterocycles. The average molecular weight is 375 g/mol. The zero-order valence-corrected chi connectivity index (χ0v) is 15.7. The third-order valence-corrected chi connectivity index (χ3v) is 5.02. The molecule has 3 aromatic rings. The van der Waals surface area contributed by atoms with Crippen molar-refractivity contribution in [3.63, 3.8) is 0 Å². The number of carbonyl (C=O) groups is 1. The monoisotopic (exact) mass is 375 g/mol. The molecule has 1 heterocycles. The summed E-state index contributed by atoms with van der Waals surface area (Å²) in [5.41, 5.74) is 2.93. The van der Waals surface area contributed by atoms with E-state index in [2.05, 4.69) is 0 Å². The van der Waals surface area contributed by atoms with E-state index in [1.54, 1.807) is 35.9 Å². The fourth-order valence-corrected chi connectivity index (χ4v) is 3.64. The number of rotatable bonds is 4. The molecule has 5 nitrogen and oxygen atoms in total. The van der Waals surface area contributed by atoms with Crippen LogP contribution in [0.2, 0.25) is 0 Å². The number of carbonyl (C=O) groups excluding carboxylic acids is 1. The molecule has 0 amide bonds. The van der Waals surface area contributed by atoms with Gasteiger partial charge in [-0.2, -0.15) is 0 Å². The summed E-state index contributed by atoms with van der Waals surface area (Å²) < 4.78 is 12.5. The predicted octanol–water partition coefficient (Wildman–Crippen LogP) is 3.94. The molecule has 0 atom stereocenters. The number of hydrogen-bond acceptors (Lipinski definition) is 4. The molecule has 1 aliphatic rings. The molecule has 0 saturated heterocycles. The van der Waals surface area contributed by atoms with Crippen LogP contribution >= 0.6 is 0 Å². The molecule has 28 heavy (non-hydrogen) atoms. The highest BCUT2D eigenvalue weighted by Crippen LogP contribution is 2.30. The molecule has 0 saturated carbocycles. The van der Waals surface area contributed by atoms with Crippen LogP contribution in [0.1, 0.15) is 34.5 Å². The van der Waals surface area contributed by atoms with E-state index in [0.717, 1.165) is 42.6 Å². The average Bonchev–Trinajstić information content (AvgIpc) is 2.74. The Hall–Kier alpha value is -3.34. The summed E-state index contributed by atoms with van der Waals surface area (Å²) in [7, 11) is 1.57. The molecule has 2 aromatic carbocycles. The highest BCUT2D eigenvalue weighted by Gasteiger charge is 2.22. The number of ether oxygens (including phenoxy) is 2. The van der Waals surface area contributed by atoms with Crippen LogP contribution in [0, 0.1) is 0 Å². The zero-order valence-electron chi connectivity index (χ0n) is 15.7. The first-order chi connectivity index (χ1) is 13.7. The van der Waals surface area contributed by atoms with Gasteiger partial charge in [0, 0.05) is 23.0 Å². The Balaban J connectivity index is 1.73. The van der Waals surface area contributed by atoms with Crippen LogP contribution in [-0.4, -0.2) is 17.6 Å². The Kier molecular flexibility index (Phi) is 4.98. The minimum atomic E-state index is -0.479. The summed E-state index contributed by atoms with van der Waals surface area (Å²) in [6, 6.07) is 17.7. The van der Waals surface area contributed by atoms with E-state index in [9.17, 15) is 9.59 Å². The number of pyridine rings is 1. The minimum absolute atomic E-state index is 0.190. The van der Waals surface area contributed by atoms with Crippen molar-refractivity contribution in [2.45, 2.75) is 25.7 Å². The highest BCUT2D eigenvalue weighted by molar-refractivity contribution is 5.91. The lowest BCUT2D eigenvalue weighted by Crippen LogP contribution is -2.26. The lowest BCUT2D eigenvalue weighted by atomic mass is 9.94. The second kappa shape index (κ2) is 7.72. The normalized spacial score (nSPS) is 12.9. The van der Waals surface area contributed by atoms with Gasteiger partial charge in [-0.25, -0.2) is 4.79 Å². The van der Waals surface area contributed by atoms with Crippen LogP contribution in [0.5, 0.6) is 11.5 Å². The summed E-state index contributed by atoms with van der Waals surface area (Å²) in [5.74, 6) is 0.555. The zero-order chi connectivity index (χ0) is 19.5. The predicted molar refractivity (Wildman–Crippen MR) is 107 cm³/mol. The van der Waals surface area contributed by atoms with Crippen molar-refractivity contribution in [3.8, 4) is 17.2 Å². The number of fused-ring (bicyclic) bond motifs is 1. The maximum Gasteiger partial charge on any atom is 0.343 e. The first kappa shape index (κ1) is 18.0. The van der Waals surface area contributed by atoms with E-state index in [0.29, 0.717) is 17.1 Å². The summed E-state index contributed by atoms with van der Waals surface area (Å²) in [4.78, 5) is 25.5. The van der Waals surface area contributed by atoms with E-state index in [-0.39, 0.29) is 5.56 Å². The Labute approximate surface area is 163 Å². The van der Waals surface area contributed by atoms with Crippen LogP contribution in [0.25, 0.3) is 5.69 Å². The van der Waals surface area contributed by atoms with Crippen LogP contribution in [0.15, 0.2) is 65.5 Å². The fourth-order valence-electron chi connectivity index (χ4n) is 3.64. The second-order valence-electron chi connectivity index (χ2n) is 6.77. The van der Waals surface area contributed by atoms with Crippen LogP contribution in [0.4, 0.5) is 0 Å². The van der Waals surface area contributed by atoms with Crippen LogP contribution < -0.4 is 15.0 Å². The summed E-state index contributed by atoms with van der Waals surface area (Å²) in [5, 5.41) is 0. The first-order valence-corrected chi connectivity index (χ1v) is 9.37. The largest absolute Gasteiger partial charge is 0.497 e. The smallest absolute Gasteiger partial charge is 0.343 e. The van der Waals surface area contributed by atoms with Crippen molar-refractivity contribution in [1.82, 2.24) is 4.57 Å². The minimum Gasteiger partial charge on any atom is -0.497 e. The van der Waals surface area contributed by atoms with Gasteiger partial charge in [0.15, 0.2) is 0 Å². The van der Waals surface area contributed by atoms with Crippen molar-refractivity contribution in [1.29, 1.82) is 0 Å². The highest BCUT2D eigenvalue weighted by atomic mass is 16.5. The van der Waals surface area contributed by atoms with Gasteiger partial charge in [0.1, 0.15) is 11.5 Å². The number of aromatic nitrogens is 1. The molecular weight excluding hydrogens is 354 g/mol. The summed E-state index contributed by atoms with van der Waals surface area (Å²) in [6.07, 6.45) is 3.59. The third-order valence-electron chi connectivity index (χ3n) is 5.02. The lowest BCUT2D eigenvalue weighted by Gasteiger charge is -2.23. The quantitative estimate of drug-likeness (QED) is 0.648. The molecule has 5 heteroatoms. The van der Waals surface area contributed by atoms with Gasteiger partial charge in [-0.1, -0.05) is 18.2 Å². The number of para-hydroxylation sites is 1. The molecule has 0 fully saturated rings. The number of hydrogen-bond donors (Lipinski definition) is 0. The van der Waals surface area contributed by atoms with Gasteiger partial charge in [0.25, 0.3) is 5.56 Å². The summed E-state index contributed by atoms with van der Waals surface area (Å²) >= 11 is 0. The topological polar surface area (TPSA) is 57.5 Å². The van der Waals surface area contributed by atoms with Crippen LogP contribution in [-0.2, 0) is 12.8 Å². The molecule has 0 spiro atoms. The summed E-state index contributed by atoms with van der Waals surface area (Å²) in [6.45, 7) is 0. The molecule has 0 N–H and O–H groups in total. The van der Waals surface area contributed by atoms with Crippen molar-refractivity contribution in [2.75, 3.05) is 7.11 Å². The number of benzene rings is 2. The van der Waals surface area contributed by atoms with Gasteiger partial charge in [0.05, 0.1) is 12.7 Å². The lowest BCUT2D eigenvalue weighted by molar-refractivity contribution is 0.0732. The molecule has 0 aliphatic heterocycles. The number of nitrogens with zero attached hydrogens (tertiary/aromatic N) is 1. The van der Waals surface area contributed by atoms with E-state index >= 15 is 0 Å². The molecule has 4 rings (SSSR count). The standard InChI is InChI=1S/C23H21NO4/c1-27-18-13-11-16(12-14-18)23(26)28-21-15-22(25)24(17-7-3-2-4-8-17)20-10-6-5-9-19(20)21/h2-4,7-8,11-15H,5-6,9-10H2,1H3. The molecule has 142 valence electrons. The third kappa shape index (κ3) is 3.43. The van der Waals surface area contributed by atoms with Gasteiger partial charge < -0.3 is 9.47 Å². The van der Waals surface area contributed by atoms with E-state index in [4.69, 9.17) is 9.47 Å². The molecule has 0 bridgehead atoms. The SMILES string of the molecule is COc1ccc(C(=O)Oc2cc(=O)n(-c3ccccc3)c3c2CCCC3)cc1. The maximum absolute atomic E-state index is 12.9. The second-order valence-corrected chi connectivity index (χ2v) is 6.77. The molecule has 0 unspecified atom stereocenters. The molecule has 0 radical (unpaired) electrons. The van der Waals surface area contributed by atoms with Crippen molar-refractivity contribution < 1.29 is 14.3 Å². The first-order valence-electron chi connectivity index (χ1n) is 9.37. The fraction of sp³-hybridized carbons (Fsp3) is 0.217. The maximum atomic E-state index is 12.9. The Morgan fingerprint density at radius 1 is 0.964 bits per heavy atom. The Morgan fingerprint density at radius 3 is 2.39 bits per heavy atom. The van der Waals surface area contributed by atoms with E-state index < -0.39 is 5.97 Å². The molecule has 1 aliphatic carbocycles. The van der Waals surface area contributed by atoms with Crippen molar-refractivity contribution in [3.05, 3.63) is 87.8 Å². The van der Waals surface area contributed by atoms with Gasteiger partial charge >= 0.3 is 5.97 Å². The van der Waals surface area contributed by atoms with Crippen LogP contribution in [0.3, 0.4) is 0 Å². The van der Waals surface area contributed by atoms with Gasteiger partial charge in [0.2, 0.25) is 0 Å².